The van der Waals surface area contributed by atoms with Crippen molar-refractivity contribution in [3.63, 3.8) is 0 Å². The second-order valence-electron chi connectivity index (χ2n) is 6.65. The van der Waals surface area contributed by atoms with E-state index < -0.39 is 0 Å². The van der Waals surface area contributed by atoms with Crippen molar-refractivity contribution in [2.75, 3.05) is 0 Å². The molecule has 4 nitrogen and oxygen atoms in total. The summed E-state index contributed by atoms with van der Waals surface area (Å²) in [5.74, 6) is 0. The summed E-state index contributed by atoms with van der Waals surface area (Å²) in [6, 6.07) is 29.0. The minimum absolute atomic E-state index is 0.386. The second-order valence-corrected chi connectivity index (χ2v) is 7.57. The first kappa shape index (κ1) is 17.6. The third-order valence-corrected chi connectivity index (χ3v) is 5.30. The molecule has 5 heteroatoms. The Hall–Kier alpha value is -3.44. The lowest BCUT2D eigenvalue weighted by molar-refractivity contribution is 0.562. The Labute approximate surface area is 175 Å². The van der Waals surface area contributed by atoms with Crippen LogP contribution in [0.2, 0.25) is 0 Å². The lowest BCUT2D eigenvalue weighted by Gasteiger charge is -2.07. The van der Waals surface area contributed by atoms with Crippen LogP contribution in [0.25, 0.3) is 39.2 Å². The van der Waals surface area contributed by atoms with E-state index in [9.17, 15) is 4.79 Å². The highest BCUT2D eigenvalue weighted by atomic mass is 79.9. The summed E-state index contributed by atoms with van der Waals surface area (Å²) >= 11 is 3.46. The molecule has 0 fully saturated rings. The van der Waals surface area contributed by atoms with Gasteiger partial charge in [0.15, 0.2) is 0 Å². The Morgan fingerprint density at radius 3 is 2.34 bits per heavy atom. The molecule has 2 heterocycles. The van der Waals surface area contributed by atoms with Crippen LogP contribution in [-0.2, 0) is 0 Å². The van der Waals surface area contributed by atoms with E-state index >= 15 is 0 Å². The zero-order valence-electron chi connectivity index (χ0n) is 15.2. The van der Waals surface area contributed by atoms with Gasteiger partial charge in [-0.2, -0.15) is 5.10 Å². The van der Waals surface area contributed by atoms with Crippen LogP contribution < -0.4 is 5.63 Å². The number of hydrogen-bond acceptors (Lipinski definition) is 3. The SMILES string of the molecule is O=c1oc2ccccc2cc1-c1cc(-c2ccc(Br)cc2)nn1-c1ccccc1. The van der Waals surface area contributed by atoms with E-state index in [0.29, 0.717) is 16.8 Å². The molecule has 0 amide bonds. The van der Waals surface area contributed by atoms with Crippen molar-refractivity contribution in [1.29, 1.82) is 0 Å². The number of fused-ring (bicyclic) bond motifs is 1. The van der Waals surface area contributed by atoms with Crippen molar-refractivity contribution < 1.29 is 4.42 Å². The fourth-order valence-electron chi connectivity index (χ4n) is 3.34. The fourth-order valence-corrected chi connectivity index (χ4v) is 3.61. The van der Waals surface area contributed by atoms with Crippen LogP contribution in [0.3, 0.4) is 0 Å². The molecule has 0 bridgehead atoms. The van der Waals surface area contributed by atoms with E-state index in [1.54, 1.807) is 10.7 Å². The minimum atomic E-state index is -0.386. The molecule has 3 aromatic carbocycles. The molecule has 0 aliphatic carbocycles. The van der Waals surface area contributed by atoms with Gasteiger partial charge in [-0.05, 0) is 42.5 Å². The van der Waals surface area contributed by atoms with E-state index in [1.807, 2.05) is 84.9 Å². The predicted molar refractivity (Wildman–Crippen MR) is 118 cm³/mol. The minimum Gasteiger partial charge on any atom is -0.422 e. The molecule has 29 heavy (non-hydrogen) atoms. The molecule has 0 aliphatic heterocycles. The maximum atomic E-state index is 12.8. The quantitative estimate of drug-likeness (QED) is 0.318. The smallest absolute Gasteiger partial charge is 0.345 e. The van der Waals surface area contributed by atoms with E-state index in [4.69, 9.17) is 9.52 Å². The highest BCUT2D eigenvalue weighted by molar-refractivity contribution is 9.10. The summed E-state index contributed by atoms with van der Waals surface area (Å²) in [5.41, 5.74) is 3.97. The Bertz CT molecular complexity index is 1370. The Kier molecular flexibility index (Phi) is 4.37. The lowest BCUT2D eigenvalue weighted by atomic mass is 10.1. The van der Waals surface area contributed by atoms with Gasteiger partial charge in [-0.1, -0.05) is 64.5 Å². The van der Waals surface area contributed by atoms with Gasteiger partial charge < -0.3 is 4.42 Å². The average Bonchev–Trinajstić information content (AvgIpc) is 3.19. The van der Waals surface area contributed by atoms with Crippen molar-refractivity contribution in [2.45, 2.75) is 0 Å². The van der Waals surface area contributed by atoms with Crippen LogP contribution >= 0.6 is 15.9 Å². The van der Waals surface area contributed by atoms with Crippen molar-refractivity contribution in [1.82, 2.24) is 9.78 Å². The van der Waals surface area contributed by atoms with Gasteiger partial charge in [0.05, 0.1) is 22.6 Å². The summed E-state index contributed by atoms with van der Waals surface area (Å²) < 4.78 is 8.36. The van der Waals surface area contributed by atoms with Gasteiger partial charge in [0.1, 0.15) is 5.58 Å². The monoisotopic (exact) mass is 442 g/mol. The molecule has 5 rings (SSSR count). The topological polar surface area (TPSA) is 48.0 Å². The Morgan fingerprint density at radius 2 is 1.55 bits per heavy atom. The number of aromatic nitrogens is 2. The van der Waals surface area contributed by atoms with Crippen LogP contribution in [0.5, 0.6) is 0 Å². The molecule has 140 valence electrons. The molecule has 0 N–H and O–H groups in total. The molecule has 0 saturated carbocycles. The van der Waals surface area contributed by atoms with Crippen LogP contribution in [0, 0.1) is 0 Å². The first-order chi connectivity index (χ1) is 14.2. The van der Waals surface area contributed by atoms with Crippen LogP contribution in [0.15, 0.2) is 105 Å². The van der Waals surface area contributed by atoms with Gasteiger partial charge in [-0.15, -0.1) is 0 Å². The average molecular weight is 443 g/mol. The van der Waals surface area contributed by atoms with E-state index in [-0.39, 0.29) is 5.63 Å². The van der Waals surface area contributed by atoms with Crippen molar-refractivity contribution in [3.8, 4) is 28.2 Å². The van der Waals surface area contributed by atoms with Gasteiger partial charge in [0, 0.05) is 15.4 Å². The molecule has 0 atom stereocenters. The molecule has 0 saturated heterocycles. The van der Waals surface area contributed by atoms with E-state index in [0.717, 1.165) is 26.8 Å². The van der Waals surface area contributed by atoms with Crippen molar-refractivity contribution >= 4 is 26.9 Å². The third kappa shape index (κ3) is 3.30. The first-order valence-corrected chi connectivity index (χ1v) is 9.93. The molecule has 5 aromatic rings. The first-order valence-electron chi connectivity index (χ1n) is 9.14. The van der Waals surface area contributed by atoms with Crippen molar-refractivity contribution in [3.05, 3.63) is 106 Å². The maximum absolute atomic E-state index is 12.8. The van der Waals surface area contributed by atoms with Crippen LogP contribution in [0.4, 0.5) is 0 Å². The molecule has 0 spiro atoms. The normalized spacial score (nSPS) is 11.1. The highest BCUT2D eigenvalue weighted by Crippen LogP contribution is 2.29. The van der Waals surface area contributed by atoms with Gasteiger partial charge >= 0.3 is 5.63 Å². The summed E-state index contributed by atoms with van der Waals surface area (Å²) in [7, 11) is 0. The molecule has 0 radical (unpaired) electrons. The third-order valence-electron chi connectivity index (χ3n) is 4.77. The van der Waals surface area contributed by atoms with Gasteiger partial charge in [-0.25, -0.2) is 9.48 Å². The molecular weight excluding hydrogens is 428 g/mol. The van der Waals surface area contributed by atoms with Gasteiger partial charge in [0.2, 0.25) is 0 Å². The fraction of sp³-hybridized carbons (Fsp3) is 0. The highest BCUT2D eigenvalue weighted by Gasteiger charge is 2.17. The number of halogens is 1. The number of para-hydroxylation sites is 2. The van der Waals surface area contributed by atoms with Crippen LogP contribution in [0.1, 0.15) is 0 Å². The maximum Gasteiger partial charge on any atom is 0.345 e. The Morgan fingerprint density at radius 1 is 0.828 bits per heavy atom. The largest absolute Gasteiger partial charge is 0.422 e. The Balaban J connectivity index is 1.76. The summed E-state index contributed by atoms with van der Waals surface area (Å²) in [6.45, 7) is 0. The number of hydrogen-bond donors (Lipinski definition) is 0. The van der Waals surface area contributed by atoms with Gasteiger partial charge in [0.25, 0.3) is 0 Å². The lowest BCUT2D eigenvalue weighted by Crippen LogP contribution is -2.07. The summed E-state index contributed by atoms with van der Waals surface area (Å²) in [4.78, 5) is 12.8. The summed E-state index contributed by atoms with van der Waals surface area (Å²) in [6.07, 6.45) is 0. The molecule has 0 aliphatic rings. The second kappa shape index (κ2) is 7.18. The molecular formula is C24H15BrN2O2. The summed E-state index contributed by atoms with van der Waals surface area (Å²) in [5, 5.41) is 5.67. The van der Waals surface area contributed by atoms with E-state index in [1.165, 1.54) is 0 Å². The predicted octanol–water partition coefficient (Wildman–Crippen LogP) is 6.08. The standard InChI is InChI=1S/C24H15BrN2O2/c25-18-12-10-16(11-13-18)21-15-22(27(26-21)19-7-2-1-3-8-19)20-14-17-6-4-5-9-23(17)29-24(20)28/h1-15H. The van der Waals surface area contributed by atoms with Crippen molar-refractivity contribution in [2.24, 2.45) is 0 Å². The number of nitrogens with zero attached hydrogens (tertiary/aromatic N) is 2. The number of benzene rings is 3. The molecule has 2 aromatic heterocycles. The van der Waals surface area contributed by atoms with E-state index in [2.05, 4.69) is 15.9 Å². The zero-order valence-corrected chi connectivity index (χ0v) is 16.8. The zero-order chi connectivity index (χ0) is 19.8. The molecule has 0 unspecified atom stereocenters. The number of rotatable bonds is 3. The van der Waals surface area contributed by atoms with Gasteiger partial charge in [-0.3, -0.25) is 0 Å². The van der Waals surface area contributed by atoms with Crippen LogP contribution in [-0.4, -0.2) is 9.78 Å².